The van der Waals surface area contributed by atoms with Crippen molar-refractivity contribution in [3.63, 3.8) is 0 Å². The molecule has 0 unspecified atom stereocenters. The third-order valence-electron chi connectivity index (χ3n) is 4.15. The lowest BCUT2D eigenvalue weighted by Gasteiger charge is -2.37. The summed E-state index contributed by atoms with van der Waals surface area (Å²) in [7, 11) is 3.39. The zero-order valence-corrected chi connectivity index (χ0v) is 13.2. The van der Waals surface area contributed by atoms with Gasteiger partial charge >= 0.3 is 0 Å². The molecule has 0 radical (unpaired) electrons. The van der Waals surface area contributed by atoms with Gasteiger partial charge in [0.25, 0.3) is 0 Å². The van der Waals surface area contributed by atoms with Gasteiger partial charge in [-0.05, 0) is 48.5 Å². The Bertz CT molecular complexity index is 532. The van der Waals surface area contributed by atoms with Crippen LogP contribution in [-0.2, 0) is 0 Å². The SMILES string of the molecule is COc1ccc(N2CCN(c3ccc(OC)cc3)CC2)cc1. The molecule has 1 heterocycles. The number of hydrogen-bond acceptors (Lipinski definition) is 4. The number of ether oxygens (including phenoxy) is 2. The summed E-state index contributed by atoms with van der Waals surface area (Å²) in [4.78, 5) is 4.83. The Morgan fingerprint density at radius 3 is 1.18 bits per heavy atom. The summed E-state index contributed by atoms with van der Waals surface area (Å²) < 4.78 is 10.4. The van der Waals surface area contributed by atoms with Crippen molar-refractivity contribution in [3.05, 3.63) is 48.5 Å². The molecule has 2 aromatic rings. The molecule has 3 rings (SSSR count). The van der Waals surface area contributed by atoms with E-state index in [1.54, 1.807) is 14.2 Å². The average Bonchev–Trinajstić information content (AvgIpc) is 2.62. The number of benzene rings is 2. The Labute approximate surface area is 131 Å². The molecule has 1 aliphatic heterocycles. The van der Waals surface area contributed by atoms with Gasteiger partial charge in [-0.3, -0.25) is 0 Å². The minimum atomic E-state index is 0.903. The Morgan fingerprint density at radius 2 is 0.909 bits per heavy atom. The van der Waals surface area contributed by atoms with Gasteiger partial charge in [0.15, 0.2) is 0 Å². The van der Waals surface area contributed by atoms with Crippen molar-refractivity contribution >= 4 is 11.4 Å². The normalized spacial score (nSPS) is 14.8. The van der Waals surface area contributed by atoms with Gasteiger partial charge in [0.2, 0.25) is 0 Å². The van der Waals surface area contributed by atoms with Crippen LogP contribution in [0.5, 0.6) is 11.5 Å². The number of hydrogen-bond donors (Lipinski definition) is 0. The minimum absolute atomic E-state index is 0.903. The van der Waals surface area contributed by atoms with Crippen molar-refractivity contribution in [2.45, 2.75) is 0 Å². The molecule has 0 saturated carbocycles. The summed E-state index contributed by atoms with van der Waals surface area (Å²) in [6.07, 6.45) is 0. The summed E-state index contributed by atoms with van der Waals surface area (Å²) in [6, 6.07) is 16.6. The van der Waals surface area contributed by atoms with Gasteiger partial charge in [-0.15, -0.1) is 0 Å². The van der Waals surface area contributed by atoms with Crippen LogP contribution in [0.1, 0.15) is 0 Å². The van der Waals surface area contributed by atoms with Crippen LogP contribution in [-0.4, -0.2) is 40.4 Å². The fourth-order valence-electron chi connectivity index (χ4n) is 2.81. The summed E-state index contributed by atoms with van der Waals surface area (Å²) >= 11 is 0. The fourth-order valence-corrected chi connectivity index (χ4v) is 2.81. The molecule has 2 aromatic carbocycles. The van der Waals surface area contributed by atoms with Crippen LogP contribution in [0.2, 0.25) is 0 Å². The molecule has 0 atom stereocenters. The zero-order valence-electron chi connectivity index (χ0n) is 13.2. The third kappa shape index (κ3) is 3.11. The summed E-state index contributed by atoms with van der Waals surface area (Å²) in [6.45, 7) is 4.10. The molecule has 0 N–H and O–H groups in total. The second kappa shape index (κ2) is 6.60. The number of nitrogens with zero attached hydrogens (tertiary/aromatic N) is 2. The highest BCUT2D eigenvalue weighted by molar-refractivity contribution is 5.53. The lowest BCUT2D eigenvalue weighted by Crippen LogP contribution is -2.46. The van der Waals surface area contributed by atoms with Gasteiger partial charge in [-0.2, -0.15) is 0 Å². The monoisotopic (exact) mass is 298 g/mol. The van der Waals surface area contributed by atoms with Crippen molar-refractivity contribution in [2.24, 2.45) is 0 Å². The molecule has 0 aromatic heterocycles. The Morgan fingerprint density at radius 1 is 0.591 bits per heavy atom. The number of piperazine rings is 1. The number of methoxy groups -OCH3 is 2. The molecule has 0 amide bonds. The number of rotatable bonds is 4. The molecule has 4 nitrogen and oxygen atoms in total. The van der Waals surface area contributed by atoms with Crippen molar-refractivity contribution in [1.82, 2.24) is 0 Å². The molecule has 4 heteroatoms. The first-order valence-corrected chi connectivity index (χ1v) is 7.58. The van der Waals surface area contributed by atoms with E-state index in [-0.39, 0.29) is 0 Å². The van der Waals surface area contributed by atoms with Gasteiger partial charge in [0.05, 0.1) is 14.2 Å². The third-order valence-corrected chi connectivity index (χ3v) is 4.15. The molecular weight excluding hydrogens is 276 g/mol. The summed E-state index contributed by atoms with van der Waals surface area (Å²) in [5.74, 6) is 1.81. The van der Waals surface area contributed by atoms with Crippen LogP contribution >= 0.6 is 0 Å². The van der Waals surface area contributed by atoms with Crippen molar-refractivity contribution in [3.8, 4) is 11.5 Å². The van der Waals surface area contributed by atoms with E-state index in [2.05, 4.69) is 34.1 Å². The maximum absolute atomic E-state index is 5.21. The quantitative estimate of drug-likeness (QED) is 0.866. The van der Waals surface area contributed by atoms with Crippen LogP contribution < -0.4 is 19.3 Å². The predicted molar refractivity (Wildman–Crippen MR) is 90.4 cm³/mol. The van der Waals surface area contributed by atoms with Crippen LogP contribution in [0, 0.1) is 0 Å². The van der Waals surface area contributed by atoms with Gasteiger partial charge in [-0.25, -0.2) is 0 Å². The van der Waals surface area contributed by atoms with E-state index in [1.165, 1.54) is 11.4 Å². The lowest BCUT2D eigenvalue weighted by molar-refractivity contribution is 0.414. The van der Waals surface area contributed by atoms with E-state index < -0.39 is 0 Å². The first-order valence-electron chi connectivity index (χ1n) is 7.58. The summed E-state index contributed by atoms with van der Waals surface area (Å²) in [5, 5.41) is 0. The highest BCUT2D eigenvalue weighted by atomic mass is 16.5. The average molecular weight is 298 g/mol. The Hall–Kier alpha value is -2.36. The molecule has 22 heavy (non-hydrogen) atoms. The topological polar surface area (TPSA) is 24.9 Å². The van der Waals surface area contributed by atoms with Gasteiger partial charge in [-0.1, -0.05) is 0 Å². The van der Waals surface area contributed by atoms with Gasteiger partial charge < -0.3 is 19.3 Å². The molecule has 1 aliphatic rings. The first-order chi connectivity index (χ1) is 10.8. The van der Waals surface area contributed by atoms with E-state index in [0.29, 0.717) is 0 Å². The van der Waals surface area contributed by atoms with E-state index >= 15 is 0 Å². The lowest BCUT2D eigenvalue weighted by atomic mass is 10.2. The molecule has 0 bridgehead atoms. The van der Waals surface area contributed by atoms with Crippen LogP contribution in [0.15, 0.2) is 48.5 Å². The predicted octanol–water partition coefficient (Wildman–Crippen LogP) is 3.03. The maximum atomic E-state index is 5.21. The van der Waals surface area contributed by atoms with Gasteiger partial charge in [0, 0.05) is 37.6 Å². The van der Waals surface area contributed by atoms with Crippen molar-refractivity contribution < 1.29 is 9.47 Å². The second-order valence-corrected chi connectivity index (χ2v) is 5.37. The Balaban J connectivity index is 1.61. The maximum Gasteiger partial charge on any atom is 0.119 e. The van der Waals surface area contributed by atoms with Gasteiger partial charge in [0.1, 0.15) is 11.5 Å². The van der Waals surface area contributed by atoms with Crippen LogP contribution in [0.3, 0.4) is 0 Å². The van der Waals surface area contributed by atoms with Crippen LogP contribution in [0.25, 0.3) is 0 Å². The smallest absolute Gasteiger partial charge is 0.119 e. The zero-order chi connectivity index (χ0) is 15.4. The van der Waals surface area contributed by atoms with Crippen molar-refractivity contribution in [1.29, 1.82) is 0 Å². The second-order valence-electron chi connectivity index (χ2n) is 5.37. The standard InChI is InChI=1S/C18H22N2O2/c1-21-17-7-3-15(4-8-17)19-11-13-20(14-12-19)16-5-9-18(22-2)10-6-16/h3-10H,11-14H2,1-2H3. The highest BCUT2D eigenvalue weighted by Crippen LogP contribution is 2.24. The minimum Gasteiger partial charge on any atom is -0.497 e. The van der Waals surface area contributed by atoms with E-state index in [1.807, 2.05) is 24.3 Å². The summed E-state index contributed by atoms with van der Waals surface area (Å²) in [5.41, 5.74) is 2.52. The Kier molecular flexibility index (Phi) is 4.37. The fraction of sp³-hybridized carbons (Fsp3) is 0.333. The molecule has 0 spiro atoms. The molecule has 1 fully saturated rings. The van der Waals surface area contributed by atoms with Crippen molar-refractivity contribution in [2.75, 3.05) is 50.2 Å². The van der Waals surface area contributed by atoms with Crippen LogP contribution in [0.4, 0.5) is 11.4 Å². The van der Waals surface area contributed by atoms with E-state index in [0.717, 1.165) is 37.7 Å². The molecule has 116 valence electrons. The molecule has 0 aliphatic carbocycles. The van der Waals surface area contributed by atoms with E-state index in [9.17, 15) is 0 Å². The number of anilines is 2. The largest absolute Gasteiger partial charge is 0.497 e. The molecule has 1 saturated heterocycles. The van der Waals surface area contributed by atoms with E-state index in [4.69, 9.17) is 9.47 Å². The molecular formula is C18H22N2O2. The first kappa shape index (κ1) is 14.6. The highest BCUT2D eigenvalue weighted by Gasteiger charge is 2.17.